The third kappa shape index (κ3) is 4.11. The van der Waals surface area contributed by atoms with Crippen LogP contribution in [0, 0.1) is 6.92 Å². The van der Waals surface area contributed by atoms with Crippen molar-refractivity contribution in [3.05, 3.63) is 62.6 Å². The van der Waals surface area contributed by atoms with E-state index < -0.39 is 10.0 Å². The molecule has 0 bridgehead atoms. The van der Waals surface area contributed by atoms with Crippen LogP contribution >= 0.6 is 34.8 Å². The van der Waals surface area contributed by atoms with E-state index in [1.54, 1.807) is 31.2 Å². The lowest BCUT2D eigenvalue weighted by molar-refractivity contribution is 0.581. The fraction of sp³-hybridized carbons (Fsp3) is 0.143. The van der Waals surface area contributed by atoms with Crippen LogP contribution in [0.5, 0.6) is 0 Å². The Kier molecular flexibility index (Phi) is 5.17. The lowest BCUT2D eigenvalue weighted by Gasteiger charge is -2.10. The van der Waals surface area contributed by atoms with Crippen molar-refractivity contribution >= 4 is 44.8 Å². The molecule has 2 aromatic rings. The second-order valence-corrected chi connectivity index (χ2v) is 7.47. The zero-order valence-corrected chi connectivity index (χ0v) is 14.1. The Morgan fingerprint density at radius 2 is 1.62 bits per heavy atom. The van der Waals surface area contributed by atoms with Crippen molar-refractivity contribution in [1.82, 2.24) is 4.72 Å². The molecule has 2 aromatic carbocycles. The summed E-state index contributed by atoms with van der Waals surface area (Å²) in [6, 6.07) is 9.78. The second kappa shape index (κ2) is 6.55. The molecule has 0 heterocycles. The molecule has 0 saturated carbocycles. The highest BCUT2D eigenvalue weighted by Crippen LogP contribution is 2.28. The van der Waals surface area contributed by atoms with Crippen LogP contribution in [-0.2, 0) is 16.6 Å². The predicted molar refractivity (Wildman–Crippen MR) is 86.7 cm³/mol. The molecule has 0 aliphatic heterocycles. The highest BCUT2D eigenvalue weighted by atomic mass is 35.5. The van der Waals surface area contributed by atoms with Crippen LogP contribution in [-0.4, -0.2) is 8.42 Å². The third-order valence-corrected chi connectivity index (χ3v) is 5.41. The van der Waals surface area contributed by atoms with Gasteiger partial charge in [0.25, 0.3) is 0 Å². The number of sulfonamides is 1. The normalized spacial score (nSPS) is 11.6. The Bertz CT molecular complexity index is 759. The number of hydrogen-bond acceptors (Lipinski definition) is 2. The topological polar surface area (TPSA) is 46.2 Å². The molecule has 0 aromatic heterocycles. The number of benzene rings is 2. The smallest absolute Gasteiger partial charge is 0.207 e. The Hall–Kier alpha value is -0.780. The minimum atomic E-state index is -3.71. The van der Waals surface area contributed by atoms with Gasteiger partial charge < -0.3 is 0 Å². The molecule has 0 fully saturated rings. The second-order valence-electron chi connectivity index (χ2n) is 4.48. The van der Waals surface area contributed by atoms with Gasteiger partial charge in [-0.3, -0.25) is 0 Å². The lowest BCUT2D eigenvalue weighted by atomic mass is 10.2. The first-order valence-electron chi connectivity index (χ1n) is 5.99. The van der Waals surface area contributed by atoms with Crippen molar-refractivity contribution in [3.63, 3.8) is 0 Å². The maximum atomic E-state index is 12.3. The van der Waals surface area contributed by atoms with Gasteiger partial charge in [0, 0.05) is 16.6 Å². The molecule has 0 saturated heterocycles. The van der Waals surface area contributed by atoms with Crippen LogP contribution < -0.4 is 4.72 Å². The zero-order chi connectivity index (χ0) is 15.6. The van der Waals surface area contributed by atoms with E-state index in [1.807, 2.05) is 0 Å². The Labute approximate surface area is 138 Å². The SMILES string of the molecule is Cc1cc(S(=O)(=O)NCc2ccc(Cl)cc2)c(Cl)cc1Cl. The molecule has 0 radical (unpaired) electrons. The summed E-state index contributed by atoms with van der Waals surface area (Å²) < 4.78 is 27.1. The number of hydrogen-bond donors (Lipinski definition) is 1. The van der Waals surface area contributed by atoms with Crippen LogP contribution in [0.4, 0.5) is 0 Å². The number of aryl methyl sites for hydroxylation is 1. The van der Waals surface area contributed by atoms with Gasteiger partial charge in [-0.25, -0.2) is 13.1 Å². The molecule has 21 heavy (non-hydrogen) atoms. The summed E-state index contributed by atoms with van der Waals surface area (Å²) in [4.78, 5) is 0.0139. The van der Waals surface area contributed by atoms with Crippen LogP contribution in [0.1, 0.15) is 11.1 Å². The molecule has 3 nitrogen and oxygen atoms in total. The van der Waals surface area contributed by atoms with Crippen molar-refractivity contribution in [2.24, 2.45) is 0 Å². The number of nitrogens with one attached hydrogen (secondary N) is 1. The standard InChI is InChI=1S/C14H12Cl3NO2S/c1-9-6-14(13(17)7-12(9)16)21(19,20)18-8-10-2-4-11(15)5-3-10/h2-7,18H,8H2,1H3. The fourth-order valence-corrected chi connectivity index (χ4v) is 3.67. The van der Waals surface area contributed by atoms with Gasteiger partial charge in [0.2, 0.25) is 10.0 Å². The van der Waals surface area contributed by atoms with Gasteiger partial charge in [0.05, 0.1) is 5.02 Å². The van der Waals surface area contributed by atoms with E-state index in [2.05, 4.69) is 4.72 Å². The number of rotatable bonds is 4. The minimum absolute atomic E-state index is 0.0139. The summed E-state index contributed by atoms with van der Waals surface area (Å²) in [5, 5.41) is 1.11. The van der Waals surface area contributed by atoms with Crippen LogP contribution in [0.25, 0.3) is 0 Å². The molecule has 1 N–H and O–H groups in total. The molecule has 0 aliphatic rings. The zero-order valence-electron chi connectivity index (χ0n) is 11.0. The Morgan fingerprint density at radius 3 is 2.24 bits per heavy atom. The molecule has 2 rings (SSSR count). The average molecular weight is 365 g/mol. The molecule has 0 spiro atoms. The lowest BCUT2D eigenvalue weighted by Crippen LogP contribution is -2.23. The fourth-order valence-electron chi connectivity index (χ4n) is 1.70. The van der Waals surface area contributed by atoms with Gasteiger partial charge in [-0.05, 0) is 42.3 Å². The van der Waals surface area contributed by atoms with E-state index in [1.165, 1.54) is 12.1 Å². The minimum Gasteiger partial charge on any atom is -0.207 e. The van der Waals surface area contributed by atoms with E-state index in [-0.39, 0.29) is 16.5 Å². The van der Waals surface area contributed by atoms with Crippen molar-refractivity contribution < 1.29 is 8.42 Å². The van der Waals surface area contributed by atoms with Gasteiger partial charge in [-0.1, -0.05) is 46.9 Å². The van der Waals surface area contributed by atoms with Crippen molar-refractivity contribution in [3.8, 4) is 0 Å². The Morgan fingerprint density at radius 1 is 1.00 bits per heavy atom. The molecule has 0 unspecified atom stereocenters. The highest BCUT2D eigenvalue weighted by molar-refractivity contribution is 7.89. The number of halogens is 3. The third-order valence-electron chi connectivity index (χ3n) is 2.88. The molecule has 0 aliphatic carbocycles. The maximum Gasteiger partial charge on any atom is 0.242 e. The monoisotopic (exact) mass is 363 g/mol. The largest absolute Gasteiger partial charge is 0.242 e. The van der Waals surface area contributed by atoms with E-state index in [0.29, 0.717) is 15.6 Å². The van der Waals surface area contributed by atoms with Gasteiger partial charge in [0.15, 0.2) is 0 Å². The highest BCUT2D eigenvalue weighted by Gasteiger charge is 2.19. The summed E-state index contributed by atoms with van der Waals surface area (Å²) in [5.41, 5.74) is 1.44. The van der Waals surface area contributed by atoms with E-state index >= 15 is 0 Å². The summed E-state index contributed by atoms with van der Waals surface area (Å²) in [6.07, 6.45) is 0. The molecule has 0 atom stereocenters. The van der Waals surface area contributed by atoms with E-state index in [9.17, 15) is 8.42 Å². The predicted octanol–water partition coefficient (Wildman–Crippen LogP) is 4.43. The summed E-state index contributed by atoms with van der Waals surface area (Å²) >= 11 is 17.7. The first-order valence-corrected chi connectivity index (χ1v) is 8.61. The first-order chi connectivity index (χ1) is 9.79. The van der Waals surface area contributed by atoms with Gasteiger partial charge in [-0.15, -0.1) is 0 Å². The van der Waals surface area contributed by atoms with Crippen molar-refractivity contribution in [2.45, 2.75) is 18.4 Å². The Balaban J connectivity index is 2.22. The van der Waals surface area contributed by atoms with Gasteiger partial charge in [0.1, 0.15) is 4.90 Å². The summed E-state index contributed by atoms with van der Waals surface area (Å²) in [5.74, 6) is 0. The summed E-state index contributed by atoms with van der Waals surface area (Å²) in [6.45, 7) is 1.87. The molecule has 0 amide bonds. The van der Waals surface area contributed by atoms with Crippen LogP contribution in [0.3, 0.4) is 0 Å². The van der Waals surface area contributed by atoms with E-state index in [0.717, 1.165) is 5.56 Å². The van der Waals surface area contributed by atoms with E-state index in [4.69, 9.17) is 34.8 Å². The van der Waals surface area contributed by atoms with Gasteiger partial charge >= 0.3 is 0 Å². The molecule has 112 valence electrons. The van der Waals surface area contributed by atoms with Crippen molar-refractivity contribution in [1.29, 1.82) is 0 Å². The van der Waals surface area contributed by atoms with Crippen molar-refractivity contribution in [2.75, 3.05) is 0 Å². The van der Waals surface area contributed by atoms with Crippen LogP contribution in [0.2, 0.25) is 15.1 Å². The first kappa shape index (κ1) is 16.6. The maximum absolute atomic E-state index is 12.3. The van der Waals surface area contributed by atoms with Gasteiger partial charge in [-0.2, -0.15) is 0 Å². The molecular weight excluding hydrogens is 353 g/mol. The molecule has 7 heteroatoms. The summed E-state index contributed by atoms with van der Waals surface area (Å²) in [7, 11) is -3.71. The van der Waals surface area contributed by atoms with Crippen LogP contribution in [0.15, 0.2) is 41.3 Å². The average Bonchev–Trinajstić information content (AvgIpc) is 2.42. The quantitative estimate of drug-likeness (QED) is 0.872. The molecular formula is C14H12Cl3NO2S.